The lowest BCUT2D eigenvalue weighted by Crippen LogP contribution is -2.44. The van der Waals surface area contributed by atoms with Crippen molar-refractivity contribution in [3.05, 3.63) is 18.6 Å². The van der Waals surface area contributed by atoms with Gasteiger partial charge in [0.25, 0.3) is 0 Å². The topological polar surface area (TPSA) is 98.7 Å². The van der Waals surface area contributed by atoms with Gasteiger partial charge in [-0.1, -0.05) is 13.3 Å². The number of hydrogen-bond acceptors (Lipinski definition) is 5. The van der Waals surface area contributed by atoms with E-state index >= 15 is 0 Å². The maximum absolute atomic E-state index is 12.3. The van der Waals surface area contributed by atoms with Gasteiger partial charge in [0.05, 0.1) is 6.20 Å². The van der Waals surface area contributed by atoms with Crippen molar-refractivity contribution >= 4 is 17.8 Å². The molecular formula is C16H23N5O3. The predicted molar refractivity (Wildman–Crippen MR) is 87.7 cm³/mol. The molecule has 2 atom stereocenters. The number of nitrogens with one attached hydrogen (secondary N) is 1. The lowest BCUT2D eigenvalue weighted by Gasteiger charge is -2.25. The third-order valence-corrected chi connectivity index (χ3v) is 5.00. The molecule has 1 aromatic rings. The number of aliphatic carboxylic acids is 1. The Labute approximate surface area is 140 Å². The number of nitrogens with zero attached hydrogens (tertiary/aromatic N) is 4. The molecule has 3 heterocycles. The minimum absolute atomic E-state index is 0.103. The number of likely N-dealkylation sites (tertiary alicyclic amines) is 1. The number of hydrogen-bond donors (Lipinski definition) is 2. The van der Waals surface area contributed by atoms with Gasteiger partial charge in [-0.3, -0.25) is 9.78 Å². The first kappa shape index (κ1) is 16.5. The van der Waals surface area contributed by atoms with Crippen LogP contribution >= 0.6 is 0 Å². The fraction of sp³-hybridized carbons (Fsp3) is 0.625. The van der Waals surface area contributed by atoms with E-state index in [1.807, 2.05) is 4.90 Å². The number of rotatable bonds is 5. The minimum atomic E-state index is -0.931. The van der Waals surface area contributed by atoms with Gasteiger partial charge in [0, 0.05) is 51.0 Å². The smallest absolute Gasteiger partial charge is 0.317 e. The first-order chi connectivity index (χ1) is 11.6. The zero-order chi connectivity index (χ0) is 17.2. The zero-order valence-electron chi connectivity index (χ0n) is 13.8. The fourth-order valence-electron chi connectivity index (χ4n) is 3.64. The Bertz CT molecular complexity index is 611. The highest BCUT2D eigenvalue weighted by Gasteiger charge is 2.58. The van der Waals surface area contributed by atoms with Crippen LogP contribution in [0.3, 0.4) is 0 Å². The van der Waals surface area contributed by atoms with Gasteiger partial charge in [0.2, 0.25) is 0 Å². The number of carboxylic acid groups (broad SMARTS) is 1. The number of carbonyl (C=O) groups excluding carboxylic acids is 1. The first-order valence-corrected chi connectivity index (χ1v) is 8.34. The average molecular weight is 333 g/mol. The lowest BCUT2D eigenvalue weighted by atomic mass is 9.81. The number of urea groups is 1. The summed E-state index contributed by atoms with van der Waals surface area (Å²) in [5.41, 5.74) is -0.931. The van der Waals surface area contributed by atoms with Gasteiger partial charge in [0.15, 0.2) is 0 Å². The van der Waals surface area contributed by atoms with Crippen LogP contribution in [0.1, 0.15) is 19.8 Å². The molecule has 2 aliphatic heterocycles. The number of carbonyl (C=O) groups is 2. The molecule has 8 heteroatoms. The van der Waals surface area contributed by atoms with E-state index in [0.29, 0.717) is 32.0 Å². The van der Waals surface area contributed by atoms with E-state index in [1.165, 1.54) is 0 Å². The summed E-state index contributed by atoms with van der Waals surface area (Å²) in [6, 6.07) is -0.162. The maximum atomic E-state index is 12.3. The number of amides is 2. The van der Waals surface area contributed by atoms with Gasteiger partial charge < -0.3 is 20.2 Å². The largest absolute Gasteiger partial charge is 0.481 e. The van der Waals surface area contributed by atoms with Crippen LogP contribution in [0.2, 0.25) is 0 Å². The lowest BCUT2D eigenvalue weighted by molar-refractivity contribution is -0.148. The average Bonchev–Trinajstić information content (AvgIpc) is 3.11. The van der Waals surface area contributed by atoms with Crippen molar-refractivity contribution in [2.24, 2.45) is 11.3 Å². The Balaban J connectivity index is 1.70. The van der Waals surface area contributed by atoms with Crippen molar-refractivity contribution in [1.29, 1.82) is 0 Å². The summed E-state index contributed by atoms with van der Waals surface area (Å²) in [6.45, 7) is 4.31. The maximum Gasteiger partial charge on any atom is 0.317 e. The number of unbranched alkanes of at least 4 members (excludes halogenated alkanes) is 1. The SMILES string of the molecule is CCCCNC(=O)N1C[C@H]2CN(c3cnccn3)C[C@@]2(C(=O)O)C1. The number of fused-ring (bicyclic) bond motifs is 1. The van der Waals surface area contributed by atoms with E-state index < -0.39 is 11.4 Å². The van der Waals surface area contributed by atoms with E-state index in [9.17, 15) is 14.7 Å². The summed E-state index contributed by atoms with van der Waals surface area (Å²) in [5, 5.41) is 12.7. The summed E-state index contributed by atoms with van der Waals surface area (Å²) in [7, 11) is 0. The number of aromatic nitrogens is 2. The highest BCUT2D eigenvalue weighted by molar-refractivity contribution is 5.81. The molecule has 24 heavy (non-hydrogen) atoms. The van der Waals surface area contributed by atoms with Gasteiger partial charge in [-0.2, -0.15) is 0 Å². The molecule has 2 N–H and O–H groups in total. The molecule has 130 valence electrons. The summed E-state index contributed by atoms with van der Waals surface area (Å²) in [4.78, 5) is 36.2. The summed E-state index contributed by atoms with van der Waals surface area (Å²) in [5.74, 6) is -0.261. The van der Waals surface area contributed by atoms with Crippen LogP contribution in [-0.4, -0.2) is 64.7 Å². The van der Waals surface area contributed by atoms with Gasteiger partial charge in [0.1, 0.15) is 11.2 Å². The Hall–Kier alpha value is -2.38. The molecule has 0 aliphatic carbocycles. The van der Waals surface area contributed by atoms with E-state index in [2.05, 4.69) is 22.2 Å². The normalized spacial score (nSPS) is 25.6. The number of anilines is 1. The van der Waals surface area contributed by atoms with Crippen LogP contribution in [0.5, 0.6) is 0 Å². The van der Waals surface area contributed by atoms with E-state index in [0.717, 1.165) is 12.8 Å². The van der Waals surface area contributed by atoms with Crippen LogP contribution in [0.25, 0.3) is 0 Å². The molecule has 0 aromatic carbocycles. The fourth-order valence-corrected chi connectivity index (χ4v) is 3.64. The third-order valence-electron chi connectivity index (χ3n) is 5.00. The van der Waals surface area contributed by atoms with Crippen molar-refractivity contribution in [1.82, 2.24) is 20.2 Å². The van der Waals surface area contributed by atoms with Crippen molar-refractivity contribution in [2.45, 2.75) is 19.8 Å². The monoisotopic (exact) mass is 333 g/mol. The van der Waals surface area contributed by atoms with Crippen LogP contribution in [0.15, 0.2) is 18.6 Å². The molecule has 1 aromatic heterocycles. The van der Waals surface area contributed by atoms with Crippen LogP contribution < -0.4 is 10.2 Å². The second kappa shape index (κ2) is 6.62. The molecule has 0 saturated carbocycles. The summed E-state index contributed by atoms with van der Waals surface area (Å²) >= 11 is 0. The minimum Gasteiger partial charge on any atom is -0.481 e. The van der Waals surface area contributed by atoms with Crippen molar-refractivity contribution in [3.8, 4) is 0 Å². The highest BCUT2D eigenvalue weighted by atomic mass is 16.4. The molecule has 2 fully saturated rings. The molecule has 3 rings (SSSR count). The standard InChI is InChI=1S/C16H23N5O3/c1-2-3-4-19-15(24)21-9-12-8-20(13-7-17-5-6-18-13)10-16(12,11-21)14(22)23/h5-7,12H,2-4,8-11H2,1H3,(H,19,24)(H,22,23)/t12-,16-/m1/s1. The van der Waals surface area contributed by atoms with Gasteiger partial charge in [-0.25, -0.2) is 9.78 Å². The molecule has 0 radical (unpaired) electrons. The molecule has 2 amide bonds. The summed E-state index contributed by atoms with van der Waals surface area (Å²) < 4.78 is 0. The Morgan fingerprint density at radius 3 is 2.83 bits per heavy atom. The van der Waals surface area contributed by atoms with Crippen molar-refractivity contribution < 1.29 is 14.7 Å². The van der Waals surface area contributed by atoms with Crippen LogP contribution in [-0.2, 0) is 4.79 Å². The highest BCUT2D eigenvalue weighted by Crippen LogP contribution is 2.43. The predicted octanol–water partition coefficient (Wildman–Crippen LogP) is 0.809. The van der Waals surface area contributed by atoms with Crippen molar-refractivity contribution in [3.63, 3.8) is 0 Å². The molecule has 0 unspecified atom stereocenters. The summed E-state index contributed by atoms with van der Waals surface area (Å²) in [6.07, 6.45) is 6.77. The third kappa shape index (κ3) is 2.88. The Morgan fingerprint density at radius 2 is 2.21 bits per heavy atom. The van der Waals surface area contributed by atoms with Crippen LogP contribution in [0.4, 0.5) is 10.6 Å². The molecule has 0 bridgehead atoms. The van der Waals surface area contributed by atoms with E-state index in [4.69, 9.17) is 0 Å². The molecular weight excluding hydrogens is 310 g/mol. The van der Waals surface area contributed by atoms with Gasteiger partial charge >= 0.3 is 12.0 Å². The van der Waals surface area contributed by atoms with Crippen LogP contribution in [0, 0.1) is 11.3 Å². The molecule has 2 saturated heterocycles. The Morgan fingerprint density at radius 1 is 1.38 bits per heavy atom. The second-order valence-electron chi connectivity index (χ2n) is 6.57. The van der Waals surface area contributed by atoms with Crippen molar-refractivity contribution in [2.75, 3.05) is 37.6 Å². The molecule has 0 spiro atoms. The van der Waals surface area contributed by atoms with Gasteiger partial charge in [-0.15, -0.1) is 0 Å². The van der Waals surface area contributed by atoms with E-state index in [1.54, 1.807) is 23.5 Å². The number of carboxylic acids is 1. The second-order valence-corrected chi connectivity index (χ2v) is 6.57. The first-order valence-electron chi connectivity index (χ1n) is 8.34. The Kier molecular flexibility index (Phi) is 4.55. The van der Waals surface area contributed by atoms with E-state index in [-0.39, 0.29) is 18.5 Å². The van der Waals surface area contributed by atoms with Gasteiger partial charge in [-0.05, 0) is 6.42 Å². The molecule has 8 nitrogen and oxygen atoms in total. The molecule has 2 aliphatic rings. The zero-order valence-corrected chi connectivity index (χ0v) is 13.8. The quantitative estimate of drug-likeness (QED) is 0.774.